The lowest BCUT2D eigenvalue weighted by Gasteiger charge is -2.13. The SMILES string of the molecule is COc1ccc(NN)c(OC(F)(F)F)c1. The summed E-state index contributed by atoms with van der Waals surface area (Å²) in [6.07, 6.45) is -4.77. The Kier molecular flexibility index (Phi) is 3.25. The van der Waals surface area contributed by atoms with Crippen molar-refractivity contribution in [2.75, 3.05) is 12.5 Å². The molecule has 1 aromatic carbocycles. The number of benzene rings is 1. The summed E-state index contributed by atoms with van der Waals surface area (Å²) in [5, 5.41) is 0. The third-order valence-corrected chi connectivity index (χ3v) is 1.57. The predicted octanol–water partition coefficient (Wildman–Crippen LogP) is 1.88. The average molecular weight is 222 g/mol. The summed E-state index contributed by atoms with van der Waals surface area (Å²) in [6.45, 7) is 0. The maximum absolute atomic E-state index is 12.0. The van der Waals surface area contributed by atoms with Gasteiger partial charge in [0.15, 0.2) is 5.75 Å². The summed E-state index contributed by atoms with van der Waals surface area (Å²) in [4.78, 5) is 0. The molecule has 7 heteroatoms. The zero-order valence-corrected chi connectivity index (χ0v) is 7.76. The monoisotopic (exact) mass is 222 g/mol. The van der Waals surface area contributed by atoms with Crippen LogP contribution in [0.25, 0.3) is 0 Å². The quantitative estimate of drug-likeness (QED) is 0.605. The number of hydrazine groups is 1. The lowest BCUT2D eigenvalue weighted by Crippen LogP contribution is -2.19. The molecule has 0 aliphatic carbocycles. The summed E-state index contributed by atoms with van der Waals surface area (Å²) >= 11 is 0. The third-order valence-electron chi connectivity index (χ3n) is 1.57. The normalized spacial score (nSPS) is 11.0. The Morgan fingerprint density at radius 1 is 1.33 bits per heavy atom. The molecule has 1 aromatic rings. The molecule has 0 aromatic heterocycles. The first kappa shape index (κ1) is 11.4. The van der Waals surface area contributed by atoms with Crippen molar-refractivity contribution in [2.24, 2.45) is 5.84 Å². The zero-order chi connectivity index (χ0) is 11.5. The molecule has 0 heterocycles. The molecule has 0 saturated heterocycles. The Bertz CT molecular complexity index is 341. The van der Waals surface area contributed by atoms with Gasteiger partial charge in [0, 0.05) is 6.07 Å². The molecule has 0 aliphatic heterocycles. The van der Waals surface area contributed by atoms with Crippen LogP contribution in [-0.4, -0.2) is 13.5 Å². The Morgan fingerprint density at radius 2 is 2.00 bits per heavy atom. The second-order valence-corrected chi connectivity index (χ2v) is 2.55. The summed E-state index contributed by atoms with van der Waals surface area (Å²) in [5.74, 6) is 4.83. The van der Waals surface area contributed by atoms with Crippen LogP contribution in [0.5, 0.6) is 11.5 Å². The van der Waals surface area contributed by atoms with E-state index in [2.05, 4.69) is 10.2 Å². The molecule has 4 nitrogen and oxygen atoms in total. The molecule has 0 radical (unpaired) electrons. The van der Waals surface area contributed by atoms with Crippen molar-refractivity contribution in [3.8, 4) is 11.5 Å². The van der Waals surface area contributed by atoms with Gasteiger partial charge in [-0.25, -0.2) is 0 Å². The highest BCUT2D eigenvalue weighted by molar-refractivity contribution is 5.58. The van der Waals surface area contributed by atoms with Gasteiger partial charge in [0.25, 0.3) is 0 Å². The molecule has 0 bridgehead atoms. The van der Waals surface area contributed by atoms with Gasteiger partial charge >= 0.3 is 6.36 Å². The molecule has 15 heavy (non-hydrogen) atoms. The number of hydrogen-bond donors (Lipinski definition) is 2. The lowest BCUT2D eigenvalue weighted by atomic mass is 10.3. The van der Waals surface area contributed by atoms with Crippen LogP contribution in [0, 0.1) is 0 Å². The van der Waals surface area contributed by atoms with Gasteiger partial charge in [0.1, 0.15) is 5.75 Å². The van der Waals surface area contributed by atoms with Crippen molar-refractivity contribution < 1.29 is 22.6 Å². The predicted molar refractivity (Wildman–Crippen MR) is 47.5 cm³/mol. The first-order valence-electron chi connectivity index (χ1n) is 3.86. The highest BCUT2D eigenvalue weighted by atomic mass is 19.4. The van der Waals surface area contributed by atoms with E-state index in [0.717, 1.165) is 6.07 Å². The van der Waals surface area contributed by atoms with Crippen LogP contribution >= 0.6 is 0 Å². The summed E-state index contributed by atoms with van der Waals surface area (Å²) in [5.41, 5.74) is 2.11. The van der Waals surface area contributed by atoms with Crippen molar-refractivity contribution >= 4 is 5.69 Å². The summed E-state index contributed by atoms with van der Waals surface area (Å²) < 4.78 is 44.4. The fourth-order valence-corrected chi connectivity index (χ4v) is 0.958. The third kappa shape index (κ3) is 3.21. The molecule has 84 valence electrons. The second kappa shape index (κ2) is 4.26. The number of nitrogens with one attached hydrogen (secondary N) is 1. The van der Waals surface area contributed by atoms with Crippen molar-refractivity contribution in [3.05, 3.63) is 18.2 Å². The molecular weight excluding hydrogens is 213 g/mol. The maximum Gasteiger partial charge on any atom is 0.573 e. The minimum Gasteiger partial charge on any atom is -0.497 e. The highest BCUT2D eigenvalue weighted by Crippen LogP contribution is 2.32. The van der Waals surface area contributed by atoms with Crippen LogP contribution in [0.3, 0.4) is 0 Å². The molecular formula is C8H9F3N2O2. The van der Waals surface area contributed by atoms with E-state index in [-0.39, 0.29) is 11.4 Å². The van der Waals surface area contributed by atoms with Crippen LogP contribution in [0.15, 0.2) is 18.2 Å². The Morgan fingerprint density at radius 3 is 2.47 bits per heavy atom. The molecule has 0 amide bonds. The smallest absolute Gasteiger partial charge is 0.497 e. The minimum atomic E-state index is -4.77. The fraction of sp³-hybridized carbons (Fsp3) is 0.250. The topological polar surface area (TPSA) is 56.5 Å². The van der Waals surface area contributed by atoms with E-state index >= 15 is 0 Å². The molecule has 0 aliphatic rings. The standard InChI is InChI=1S/C8H9F3N2O2/c1-14-5-2-3-6(13-12)7(4-5)15-8(9,10)11/h2-4,13H,12H2,1H3. The number of nitrogens with two attached hydrogens (primary N) is 1. The Hall–Kier alpha value is -1.63. The highest BCUT2D eigenvalue weighted by Gasteiger charge is 2.32. The van der Waals surface area contributed by atoms with E-state index in [1.54, 1.807) is 0 Å². The zero-order valence-electron chi connectivity index (χ0n) is 7.76. The summed E-state index contributed by atoms with van der Waals surface area (Å²) in [7, 11) is 1.34. The molecule has 0 atom stereocenters. The van der Waals surface area contributed by atoms with Crippen LogP contribution < -0.4 is 20.7 Å². The molecule has 1 rings (SSSR count). The van der Waals surface area contributed by atoms with E-state index < -0.39 is 12.1 Å². The van der Waals surface area contributed by atoms with E-state index in [1.165, 1.54) is 19.2 Å². The molecule has 0 unspecified atom stereocenters. The van der Waals surface area contributed by atoms with Crippen molar-refractivity contribution in [2.45, 2.75) is 6.36 Å². The maximum atomic E-state index is 12.0. The second-order valence-electron chi connectivity index (χ2n) is 2.55. The van der Waals surface area contributed by atoms with Gasteiger partial charge in [-0.15, -0.1) is 13.2 Å². The van der Waals surface area contributed by atoms with Crippen LogP contribution in [0.2, 0.25) is 0 Å². The number of rotatable bonds is 3. The number of hydrogen-bond acceptors (Lipinski definition) is 4. The number of nitrogen functional groups attached to an aromatic ring is 1. The van der Waals surface area contributed by atoms with Crippen LogP contribution in [0.1, 0.15) is 0 Å². The van der Waals surface area contributed by atoms with Crippen molar-refractivity contribution in [1.29, 1.82) is 0 Å². The molecule has 0 spiro atoms. The average Bonchev–Trinajstić information content (AvgIpc) is 2.15. The molecule has 0 saturated carbocycles. The number of methoxy groups -OCH3 is 1. The van der Waals surface area contributed by atoms with E-state index in [1.807, 2.05) is 0 Å². The van der Waals surface area contributed by atoms with Gasteiger partial charge in [0.05, 0.1) is 12.8 Å². The first-order valence-corrected chi connectivity index (χ1v) is 3.86. The van der Waals surface area contributed by atoms with E-state index in [4.69, 9.17) is 10.6 Å². The van der Waals surface area contributed by atoms with Gasteiger partial charge in [-0.05, 0) is 12.1 Å². The van der Waals surface area contributed by atoms with Crippen molar-refractivity contribution in [1.82, 2.24) is 0 Å². The number of halogens is 3. The van der Waals surface area contributed by atoms with Gasteiger partial charge < -0.3 is 14.9 Å². The number of ether oxygens (including phenoxy) is 2. The van der Waals surface area contributed by atoms with Gasteiger partial charge in [-0.2, -0.15) is 0 Å². The molecule has 0 fully saturated rings. The van der Waals surface area contributed by atoms with Crippen molar-refractivity contribution in [3.63, 3.8) is 0 Å². The van der Waals surface area contributed by atoms with E-state index in [0.29, 0.717) is 0 Å². The number of alkyl halides is 3. The van der Waals surface area contributed by atoms with Gasteiger partial charge in [-0.1, -0.05) is 0 Å². The summed E-state index contributed by atoms with van der Waals surface area (Å²) in [6, 6.07) is 3.86. The van der Waals surface area contributed by atoms with Crippen LogP contribution in [-0.2, 0) is 0 Å². The van der Waals surface area contributed by atoms with Gasteiger partial charge in [0.2, 0.25) is 0 Å². The lowest BCUT2D eigenvalue weighted by molar-refractivity contribution is -0.274. The molecule has 3 N–H and O–H groups in total. The fourth-order valence-electron chi connectivity index (χ4n) is 0.958. The van der Waals surface area contributed by atoms with Crippen LogP contribution in [0.4, 0.5) is 18.9 Å². The van der Waals surface area contributed by atoms with Gasteiger partial charge in [-0.3, -0.25) is 5.84 Å². The minimum absolute atomic E-state index is 0.0214. The Balaban J connectivity index is 3.01. The largest absolute Gasteiger partial charge is 0.573 e. The Labute approximate surface area is 83.7 Å². The first-order chi connectivity index (χ1) is 6.96. The number of anilines is 1. The van der Waals surface area contributed by atoms with E-state index in [9.17, 15) is 13.2 Å².